The number of carbonyl (C=O) groups excluding carboxylic acids is 1. The Morgan fingerprint density at radius 1 is 1.67 bits per heavy atom. The topological polar surface area (TPSA) is 96.2 Å². The van der Waals surface area contributed by atoms with Gasteiger partial charge in [0.1, 0.15) is 6.61 Å². The highest BCUT2D eigenvalue weighted by Crippen LogP contribution is 2.07. The summed E-state index contributed by atoms with van der Waals surface area (Å²) in [6.45, 7) is 2.08. The minimum Gasteiger partial charge on any atom is -0.390 e. The van der Waals surface area contributed by atoms with E-state index in [1.165, 1.54) is 6.08 Å². The summed E-state index contributed by atoms with van der Waals surface area (Å²) in [5.74, 6) is -4.00. The standard InChI is InChI=1S/C6H10O6/c1-2-3-11-6(9,4-7)5(8)12-10/h2,7,9-10H,1,3-4H2. The summed E-state index contributed by atoms with van der Waals surface area (Å²) < 4.78 is 4.43. The summed E-state index contributed by atoms with van der Waals surface area (Å²) >= 11 is 0. The van der Waals surface area contributed by atoms with Crippen molar-refractivity contribution in [2.75, 3.05) is 13.2 Å². The molecule has 0 rings (SSSR count). The first kappa shape index (κ1) is 11.1. The monoisotopic (exact) mass is 178 g/mol. The third-order valence-corrected chi connectivity index (χ3v) is 1.06. The number of hydrogen-bond donors (Lipinski definition) is 3. The van der Waals surface area contributed by atoms with Gasteiger partial charge >= 0.3 is 5.97 Å². The molecule has 0 aliphatic carbocycles. The maximum absolute atomic E-state index is 10.5. The number of aliphatic hydroxyl groups is 2. The number of aliphatic hydroxyl groups excluding tert-OH is 1. The van der Waals surface area contributed by atoms with Crippen molar-refractivity contribution < 1.29 is 29.9 Å². The van der Waals surface area contributed by atoms with E-state index < -0.39 is 18.4 Å². The van der Waals surface area contributed by atoms with Gasteiger partial charge in [-0.1, -0.05) is 6.08 Å². The fourth-order valence-corrected chi connectivity index (χ4v) is 0.437. The van der Waals surface area contributed by atoms with E-state index in [1.807, 2.05) is 0 Å². The van der Waals surface area contributed by atoms with Crippen LogP contribution in [0.3, 0.4) is 0 Å². The normalized spacial score (nSPS) is 14.9. The molecule has 0 saturated carbocycles. The molecule has 0 fully saturated rings. The molecular weight excluding hydrogens is 168 g/mol. The molecule has 0 aromatic carbocycles. The highest BCUT2D eigenvalue weighted by atomic mass is 17.1. The molecule has 0 saturated heterocycles. The molecule has 0 amide bonds. The van der Waals surface area contributed by atoms with Gasteiger partial charge in [0.15, 0.2) is 0 Å². The van der Waals surface area contributed by atoms with Crippen LogP contribution >= 0.6 is 0 Å². The smallest absolute Gasteiger partial charge is 0.390 e. The molecule has 0 spiro atoms. The van der Waals surface area contributed by atoms with Crippen molar-refractivity contribution in [3.05, 3.63) is 12.7 Å². The van der Waals surface area contributed by atoms with E-state index in [4.69, 9.17) is 15.5 Å². The number of rotatable bonds is 5. The Labute approximate surface area is 68.6 Å². The molecule has 0 aliphatic rings. The van der Waals surface area contributed by atoms with Crippen LogP contribution in [0.2, 0.25) is 0 Å². The summed E-state index contributed by atoms with van der Waals surface area (Å²) in [6.07, 6.45) is 1.26. The van der Waals surface area contributed by atoms with Gasteiger partial charge in [-0.05, 0) is 0 Å². The summed E-state index contributed by atoms with van der Waals surface area (Å²) in [5, 5.41) is 25.4. The summed E-state index contributed by atoms with van der Waals surface area (Å²) in [4.78, 5) is 13.7. The minimum atomic E-state index is -2.52. The van der Waals surface area contributed by atoms with Gasteiger partial charge in [0.25, 0.3) is 5.79 Å². The Bertz CT molecular complexity index is 167. The molecule has 1 atom stereocenters. The molecule has 0 aliphatic heterocycles. The lowest BCUT2D eigenvalue weighted by atomic mass is 10.3. The second-order valence-electron chi connectivity index (χ2n) is 1.92. The molecule has 0 radical (unpaired) electrons. The first-order chi connectivity index (χ1) is 5.60. The van der Waals surface area contributed by atoms with Crippen LogP contribution in [0.4, 0.5) is 0 Å². The largest absolute Gasteiger partial charge is 0.403 e. The fourth-order valence-electron chi connectivity index (χ4n) is 0.437. The molecule has 6 nitrogen and oxygen atoms in total. The molecule has 0 bridgehead atoms. The molecule has 3 N–H and O–H groups in total. The van der Waals surface area contributed by atoms with Gasteiger partial charge in [0, 0.05) is 0 Å². The van der Waals surface area contributed by atoms with Gasteiger partial charge in [-0.15, -0.1) is 6.58 Å². The maximum Gasteiger partial charge on any atom is 0.403 e. The van der Waals surface area contributed by atoms with Crippen LogP contribution in [0.25, 0.3) is 0 Å². The van der Waals surface area contributed by atoms with Crippen LogP contribution in [0.15, 0.2) is 12.7 Å². The number of ether oxygens (including phenoxy) is 1. The SMILES string of the molecule is C=CCOC(O)(CO)C(=O)OO. The predicted molar refractivity (Wildman–Crippen MR) is 36.9 cm³/mol. The van der Waals surface area contributed by atoms with Crippen LogP contribution in [-0.4, -0.2) is 40.4 Å². The van der Waals surface area contributed by atoms with Crippen molar-refractivity contribution in [3.63, 3.8) is 0 Å². The van der Waals surface area contributed by atoms with Gasteiger partial charge in [-0.2, -0.15) is 5.26 Å². The summed E-state index contributed by atoms with van der Waals surface area (Å²) in [6, 6.07) is 0. The molecule has 70 valence electrons. The van der Waals surface area contributed by atoms with Crippen molar-refractivity contribution in [2.45, 2.75) is 5.79 Å². The van der Waals surface area contributed by atoms with Crippen LogP contribution in [0.5, 0.6) is 0 Å². The fraction of sp³-hybridized carbons (Fsp3) is 0.500. The molecule has 0 aromatic rings. The second kappa shape index (κ2) is 4.83. The highest BCUT2D eigenvalue weighted by Gasteiger charge is 2.39. The zero-order valence-electron chi connectivity index (χ0n) is 6.27. The highest BCUT2D eigenvalue weighted by molar-refractivity contribution is 5.77. The first-order valence-corrected chi connectivity index (χ1v) is 3.04. The molecule has 0 aromatic heterocycles. The maximum atomic E-state index is 10.5. The van der Waals surface area contributed by atoms with Gasteiger partial charge < -0.3 is 14.9 Å². The van der Waals surface area contributed by atoms with E-state index in [0.29, 0.717) is 0 Å². The van der Waals surface area contributed by atoms with Crippen LogP contribution in [0, 0.1) is 0 Å². The summed E-state index contributed by atoms with van der Waals surface area (Å²) in [7, 11) is 0. The minimum absolute atomic E-state index is 0.161. The Morgan fingerprint density at radius 3 is 2.58 bits per heavy atom. The Hall–Kier alpha value is -0.950. The average molecular weight is 178 g/mol. The number of hydrogen-bond acceptors (Lipinski definition) is 6. The zero-order chi connectivity index (χ0) is 9.61. The molecule has 12 heavy (non-hydrogen) atoms. The lowest BCUT2D eigenvalue weighted by Crippen LogP contribution is -2.46. The molecule has 0 heterocycles. The van der Waals surface area contributed by atoms with Crippen LogP contribution < -0.4 is 0 Å². The average Bonchev–Trinajstić information content (AvgIpc) is 2.12. The van der Waals surface area contributed by atoms with E-state index in [1.54, 1.807) is 0 Å². The van der Waals surface area contributed by atoms with Gasteiger partial charge in [-0.25, -0.2) is 4.79 Å². The third-order valence-electron chi connectivity index (χ3n) is 1.06. The van der Waals surface area contributed by atoms with Crippen molar-refractivity contribution in [2.24, 2.45) is 0 Å². The van der Waals surface area contributed by atoms with Crippen molar-refractivity contribution >= 4 is 5.97 Å². The van der Waals surface area contributed by atoms with Crippen molar-refractivity contribution in [3.8, 4) is 0 Å². The van der Waals surface area contributed by atoms with E-state index in [9.17, 15) is 4.79 Å². The van der Waals surface area contributed by atoms with Crippen molar-refractivity contribution in [1.29, 1.82) is 0 Å². The molecular formula is C6H10O6. The van der Waals surface area contributed by atoms with Gasteiger partial charge in [0.2, 0.25) is 0 Å². The lowest BCUT2D eigenvalue weighted by Gasteiger charge is -2.20. The van der Waals surface area contributed by atoms with E-state index in [-0.39, 0.29) is 6.61 Å². The van der Waals surface area contributed by atoms with E-state index in [2.05, 4.69) is 16.2 Å². The first-order valence-electron chi connectivity index (χ1n) is 3.04. The Balaban J connectivity index is 4.22. The summed E-state index contributed by atoms with van der Waals surface area (Å²) in [5.41, 5.74) is 0. The Kier molecular flexibility index (Phi) is 4.45. The van der Waals surface area contributed by atoms with Gasteiger partial charge in [0.05, 0.1) is 6.61 Å². The molecule has 1 unspecified atom stereocenters. The second-order valence-corrected chi connectivity index (χ2v) is 1.92. The zero-order valence-corrected chi connectivity index (χ0v) is 6.27. The lowest BCUT2D eigenvalue weighted by molar-refractivity contribution is -0.290. The van der Waals surface area contributed by atoms with Crippen molar-refractivity contribution in [1.82, 2.24) is 0 Å². The van der Waals surface area contributed by atoms with E-state index >= 15 is 0 Å². The quantitative estimate of drug-likeness (QED) is 0.214. The molecule has 6 heteroatoms. The Morgan fingerprint density at radius 2 is 2.25 bits per heavy atom. The van der Waals surface area contributed by atoms with Crippen LogP contribution in [-0.2, 0) is 14.4 Å². The predicted octanol–water partition coefficient (Wildman–Crippen LogP) is -1.11. The van der Waals surface area contributed by atoms with Crippen LogP contribution in [0.1, 0.15) is 0 Å². The van der Waals surface area contributed by atoms with E-state index in [0.717, 1.165) is 0 Å². The van der Waals surface area contributed by atoms with Gasteiger partial charge in [-0.3, -0.25) is 4.89 Å². The number of carbonyl (C=O) groups is 1. The third kappa shape index (κ3) is 2.59.